The van der Waals surface area contributed by atoms with Crippen LogP contribution in [0.5, 0.6) is 28.7 Å². The maximum Gasteiger partial charge on any atom is 0.208 e. The lowest BCUT2D eigenvalue weighted by atomic mass is 9.82. The van der Waals surface area contributed by atoms with Gasteiger partial charge in [-0.1, -0.05) is 125 Å². The molecular weight excluding hydrogens is 713 g/mol. The van der Waals surface area contributed by atoms with Crippen LogP contribution in [-0.4, -0.2) is 32.6 Å². The van der Waals surface area contributed by atoms with Crippen molar-refractivity contribution in [2.45, 2.75) is 38.5 Å². The van der Waals surface area contributed by atoms with E-state index in [1.807, 2.05) is 61.6 Å². The average molecular weight is 757 g/mol. The highest BCUT2D eigenvalue weighted by Crippen LogP contribution is 2.55. The first kappa shape index (κ1) is 36.9. The highest BCUT2D eigenvalue weighted by Gasteiger charge is 2.36. The lowest BCUT2D eigenvalue weighted by molar-refractivity contribution is 0.330. The molecule has 8 aromatic rings. The van der Waals surface area contributed by atoms with Crippen molar-refractivity contribution < 1.29 is 29.9 Å². The summed E-state index contributed by atoms with van der Waals surface area (Å²) in [5, 5.41) is 57.3. The van der Waals surface area contributed by atoms with Crippen molar-refractivity contribution >= 4 is 39.0 Å². The minimum Gasteiger partial charge on any atom is -0.503 e. The fourth-order valence-corrected chi connectivity index (χ4v) is 8.28. The summed E-state index contributed by atoms with van der Waals surface area (Å²) in [6.07, 6.45) is 0. The van der Waals surface area contributed by atoms with Crippen LogP contribution in [-0.2, 0) is 10.8 Å². The molecule has 2 aliphatic carbocycles. The number of hydrogen-bond donors (Lipinski definition) is 7. The minimum absolute atomic E-state index is 0.160. The highest BCUT2D eigenvalue weighted by molar-refractivity contribution is 6.06. The van der Waals surface area contributed by atoms with E-state index in [0.29, 0.717) is 5.69 Å². The third kappa shape index (κ3) is 6.10. The second-order valence-corrected chi connectivity index (χ2v) is 15.4. The topological polar surface area (TPSA) is 138 Å². The summed E-state index contributed by atoms with van der Waals surface area (Å²) < 4.78 is 5.72. The maximum atomic E-state index is 10.0. The Morgan fingerprint density at radius 3 is 1.42 bits per heavy atom. The van der Waals surface area contributed by atoms with Gasteiger partial charge in [0, 0.05) is 40.0 Å². The van der Waals surface area contributed by atoms with E-state index >= 15 is 0 Å². The van der Waals surface area contributed by atoms with Gasteiger partial charge in [0.05, 0.1) is 0 Å². The van der Waals surface area contributed by atoms with Gasteiger partial charge in [0.2, 0.25) is 17.2 Å². The number of hydrogen-bond acceptors (Lipinski definition) is 8. The highest BCUT2D eigenvalue weighted by atomic mass is 16.4. The molecule has 286 valence electrons. The zero-order valence-corrected chi connectivity index (χ0v) is 32.3. The van der Waals surface area contributed by atoms with E-state index in [1.165, 1.54) is 33.2 Å². The predicted molar refractivity (Wildman–Crippen MR) is 229 cm³/mol. The molecule has 8 heteroatoms. The summed E-state index contributed by atoms with van der Waals surface area (Å²) in [6.45, 7) is 8.85. The fraction of sp³-hybridized carbons (Fsp3) is 0.143. The van der Waals surface area contributed by atoms with Gasteiger partial charge in [-0.25, -0.2) is 0 Å². The van der Waals surface area contributed by atoms with Gasteiger partial charge in [0.25, 0.3) is 0 Å². The van der Waals surface area contributed by atoms with Gasteiger partial charge in [0.15, 0.2) is 11.5 Å². The summed E-state index contributed by atoms with van der Waals surface area (Å²) in [6, 6.07) is 45.5. The van der Waals surface area contributed by atoms with Crippen LogP contribution in [0.3, 0.4) is 0 Å². The standard InChI is InChI=1S/C21H19NO5.C15H14.C13H11NO/c1-21(2)13-6-4-3-5-11(13)12-8-7-10(9-14(12)21)22-15-16(23)18(25)20(27)19(26)17(15)24;1-15(2)13-9-5-3-7-11(13)12-8-4-6-10-14(12)15;1-14-9-6-7-13-11(8-9)10-4-2-3-5-12(10)15-13/h3-9,22-27H,1-2H3;3-10H,1-2H3;2-8,14H,1H3. The number of benzene rings is 7. The van der Waals surface area contributed by atoms with Crippen LogP contribution >= 0.6 is 0 Å². The number of nitrogens with one attached hydrogen (secondary N) is 2. The number of rotatable bonds is 3. The number of aromatic hydroxyl groups is 5. The summed E-state index contributed by atoms with van der Waals surface area (Å²) in [7, 11) is 1.92. The molecule has 0 saturated heterocycles. The van der Waals surface area contributed by atoms with E-state index in [9.17, 15) is 25.5 Å². The molecular formula is C49H44N2O6. The molecule has 0 bridgehead atoms. The van der Waals surface area contributed by atoms with Gasteiger partial charge in [-0.05, 0) is 80.9 Å². The van der Waals surface area contributed by atoms with Crippen LogP contribution in [0.2, 0.25) is 0 Å². The predicted octanol–water partition coefficient (Wildman–Crippen LogP) is 11.9. The van der Waals surface area contributed by atoms with Crippen LogP contribution in [0, 0.1) is 0 Å². The first-order valence-corrected chi connectivity index (χ1v) is 18.8. The van der Waals surface area contributed by atoms with Crippen LogP contribution in [0.15, 0.2) is 138 Å². The lowest BCUT2D eigenvalue weighted by Gasteiger charge is -2.22. The molecule has 0 spiro atoms. The summed E-state index contributed by atoms with van der Waals surface area (Å²) in [4.78, 5) is 0. The molecule has 1 heterocycles. The van der Waals surface area contributed by atoms with Gasteiger partial charge in [-0.3, -0.25) is 0 Å². The Labute approximate surface area is 331 Å². The zero-order chi connectivity index (χ0) is 40.2. The number of para-hydroxylation sites is 1. The summed E-state index contributed by atoms with van der Waals surface area (Å²) in [5.74, 6) is -4.33. The average Bonchev–Trinajstić information content (AvgIpc) is 3.81. The quantitative estimate of drug-likeness (QED) is 0.0699. The Balaban J connectivity index is 0.000000129. The molecule has 7 N–H and O–H groups in total. The van der Waals surface area contributed by atoms with Gasteiger partial charge in [-0.2, -0.15) is 0 Å². The van der Waals surface area contributed by atoms with Crippen molar-refractivity contribution in [2.75, 3.05) is 17.7 Å². The molecule has 0 unspecified atom stereocenters. The van der Waals surface area contributed by atoms with Crippen LogP contribution < -0.4 is 10.6 Å². The van der Waals surface area contributed by atoms with Crippen molar-refractivity contribution in [2.24, 2.45) is 0 Å². The van der Waals surface area contributed by atoms with Crippen molar-refractivity contribution in [1.29, 1.82) is 0 Å². The van der Waals surface area contributed by atoms with Crippen molar-refractivity contribution in [1.82, 2.24) is 0 Å². The molecule has 7 aromatic carbocycles. The van der Waals surface area contributed by atoms with Crippen LogP contribution in [0.4, 0.5) is 17.1 Å². The summed E-state index contributed by atoms with van der Waals surface area (Å²) >= 11 is 0. The van der Waals surface area contributed by atoms with Gasteiger partial charge >= 0.3 is 0 Å². The molecule has 10 rings (SSSR count). The number of phenols is 5. The molecule has 0 radical (unpaired) electrons. The molecule has 0 aliphatic heterocycles. The number of fused-ring (bicyclic) bond motifs is 9. The van der Waals surface area contributed by atoms with Gasteiger partial charge in [-0.15, -0.1) is 0 Å². The van der Waals surface area contributed by atoms with E-state index in [4.69, 9.17) is 4.42 Å². The van der Waals surface area contributed by atoms with Crippen LogP contribution in [0.25, 0.3) is 44.2 Å². The smallest absolute Gasteiger partial charge is 0.208 e. The van der Waals surface area contributed by atoms with E-state index < -0.39 is 28.7 Å². The molecule has 0 saturated carbocycles. The van der Waals surface area contributed by atoms with E-state index in [0.717, 1.165) is 38.9 Å². The molecule has 0 fully saturated rings. The van der Waals surface area contributed by atoms with E-state index in [1.54, 1.807) is 6.07 Å². The Morgan fingerprint density at radius 2 is 0.860 bits per heavy atom. The first-order valence-electron chi connectivity index (χ1n) is 18.8. The minimum atomic E-state index is -0.985. The lowest BCUT2D eigenvalue weighted by Crippen LogP contribution is -2.15. The fourth-order valence-electron chi connectivity index (χ4n) is 8.28. The van der Waals surface area contributed by atoms with E-state index in [2.05, 4.69) is 111 Å². The third-order valence-corrected chi connectivity index (χ3v) is 11.4. The van der Waals surface area contributed by atoms with Crippen molar-refractivity contribution in [3.63, 3.8) is 0 Å². The molecule has 0 atom stereocenters. The largest absolute Gasteiger partial charge is 0.503 e. The Hall–Kier alpha value is -7.06. The summed E-state index contributed by atoms with van der Waals surface area (Å²) in [5.41, 5.74) is 13.4. The van der Waals surface area contributed by atoms with Crippen molar-refractivity contribution in [3.05, 3.63) is 156 Å². The maximum absolute atomic E-state index is 10.0. The Morgan fingerprint density at radius 1 is 0.421 bits per heavy atom. The van der Waals surface area contributed by atoms with Gasteiger partial charge < -0.3 is 40.6 Å². The van der Waals surface area contributed by atoms with E-state index in [-0.39, 0.29) is 16.5 Å². The SMILES string of the molecule is CC1(C)c2ccccc2-c2ccc(Nc3c(O)c(O)c(O)c(O)c3O)cc21.CC1(C)c2ccccc2-c2ccccc21.CNc1ccc2oc3ccccc3c2c1. The Bertz CT molecular complexity index is 2760. The Kier molecular flexibility index (Phi) is 9.00. The number of anilines is 3. The first-order chi connectivity index (χ1) is 27.3. The number of furan rings is 1. The molecule has 1 aromatic heterocycles. The normalized spacial score (nSPS) is 13.6. The van der Waals surface area contributed by atoms with Crippen molar-refractivity contribution in [3.8, 4) is 51.0 Å². The monoisotopic (exact) mass is 756 g/mol. The second-order valence-electron chi connectivity index (χ2n) is 15.4. The third-order valence-electron chi connectivity index (χ3n) is 11.4. The van der Waals surface area contributed by atoms with Crippen LogP contribution in [0.1, 0.15) is 49.9 Å². The number of phenolic OH excluding ortho intramolecular Hbond substituents is 5. The zero-order valence-electron chi connectivity index (χ0n) is 32.3. The second kappa shape index (κ2) is 13.9. The molecule has 8 nitrogen and oxygen atoms in total. The molecule has 0 amide bonds. The molecule has 2 aliphatic rings. The van der Waals surface area contributed by atoms with Gasteiger partial charge in [0.1, 0.15) is 16.9 Å². The molecule has 57 heavy (non-hydrogen) atoms.